The molecule has 0 aromatic carbocycles. The van der Waals surface area contributed by atoms with Crippen LogP contribution in [0.2, 0.25) is 0 Å². The highest BCUT2D eigenvalue weighted by molar-refractivity contribution is 7.80. The number of morpholine rings is 1. The maximum Gasteiger partial charge on any atom is 0.246 e. The molecule has 0 spiro atoms. The molecule has 19 heavy (non-hydrogen) atoms. The molecule has 0 aromatic rings. The molecule has 1 saturated carbocycles. The molecule has 0 bridgehead atoms. The second-order valence-electron chi connectivity index (χ2n) is 5.23. The van der Waals surface area contributed by atoms with E-state index < -0.39 is 6.04 Å². The van der Waals surface area contributed by atoms with Crippen LogP contribution in [0, 0.1) is 0 Å². The molecule has 1 N–H and O–H groups in total. The molecule has 0 aromatic heterocycles. The summed E-state index contributed by atoms with van der Waals surface area (Å²) in [5, 5.41) is 2.67. The Morgan fingerprint density at radius 1 is 1.42 bits per heavy atom. The molecule has 3 atom stereocenters. The molecule has 1 heterocycles. The lowest BCUT2D eigenvalue weighted by atomic mass is 9.90. The predicted octanol–water partition coefficient (Wildman–Crippen LogP) is 0.591. The number of thiol groups is 1. The Morgan fingerprint density at radius 3 is 2.84 bits per heavy atom. The van der Waals surface area contributed by atoms with Gasteiger partial charge in [0, 0.05) is 19.2 Å². The second kappa shape index (κ2) is 6.61. The minimum atomic E-state index is -0.526. The fraction of sp³-hybridized carbons (Fsp3) is 0.846. The molecule has 1 aliphatic heterocycles. The molecule has 2 fully saturated rings. The highest BCUT2D eigenvalue weighted by Crippen LogP contribution is 2.28. The molecule has 2 rings (SSSR count). The summed E-state index contributed by atoms with van der Waals surface area (Å²) in [5.74, 6) is 0.110. The van der Waals surface area contributed by atoms with Crippen LogP contribution in [0.4, 0.5) is 0 Å². The molecule has 6 heteroatoms. The number of nitrogens with one attached hydrogen (secondary N) is 1. The van der Waals surface area contributed by atoms with E-state index in [1.54, 1.807) is 0 Å². The van der Waals surface area contributed by atoms with Crippen LogP contribution >= 0.6 is 12.6 Å². The Kier molecular flexibility index (Phi) is 5.10. The van der Waals surface area contributed by atoms with Gasteiger partial charge >= 0.3 is 0 Å². The zero-order valence-corrected chi connectivity index (χ0v) is 12.2. The van der Waals surface area contributed by atoms with Gasteiger partial charge in [-0.2, -0.15) is 12.6 Å². The lowest BCUT2D eigenvalue weighted by Crippen LogP contribution is -2.59. The topological polar surface area (TPSA) is 58.6 Å². The standard InChI is InChI=1S/C13H22N2O3S/c1-9(16)14-10(8-19)13(17)15-6-7-18-12-5-3-2-4-11(12)15/h10-12,19H,2-8H2,1H3,(H,14,16). The Morgan fingerprint density at radius 2 is 2.16 bits per heavy atom. The second-order valence-corrected chi connectivity index (χ2v) is 5.59. The Hall–Kier alpha value is -0.750. The van der Waals surface area contributed by atoms with Crippen LogP contribution in [-0.2, 0) is 14.3 Å². The Balaban J connectivity index is 2.05. The zero-order chi connectivity index (χ0) is 13.8. The van der Waals surface area contributed by atoms with Gasteiger partial charge in [0.1, 0.15) is 6.04 Å². The van der Waals surface area contributed by atoms with Gasteiger partial charge in [0.05, 0.1) is 18.8 Å². The van der Waals surface area contributed by atoms with Gasteiger partial charge in [0.15, 0.2) is 0 Å². The van der Waals surface area contributed by atoms with Gasteiger partial charge in [-0.1, -0.05) is 12.8 Å². The number of hydrogen-bond donors (Lipinski definition) is 2. The van der Waals surface area contributed by atoms with Crippen molar-refractivity contribution in [2.24, 2.45) is 0 Å². The van der Waals surface area contributed by atoms with Crippen LogP contribution in [-0.4, -0.2) is 53.8 Å². The summed E-state index contributed by atoms with van der Waals surface area (Å²) in [7, 11) is 0. The molecule has 2 aliphatic rings. The Labute approximate surface area is 119 Å². The van der Waals surface area contributed by atoms with Crippen molar-refractivity contribution in [1.29, 1.82) is 0 Å². The highest BCUT2D eigenvalue weighted by atomic mass is 32.1. The van der Waals surface area contributed by atoms with Gasteiger partial charge in [0.2, 0.25) is 11.8 Å². The van der Waals surface area contributed by atoms with Crippen LogP contribution in [0.15, 0.2) is 0 Å². The van der Waals surface area contributed by atoms with E-state index in [-0.39, 0.29) is 24.0 Å². The van der Waals surface area contributed by atoms with Gasteiger partial charge in [-0.05, 0) is 12.8 Å². The van der Waals surface area contributed by atoms with Crippen molar-refractivity contribution in [3.05, 3.63) is 0 Å². The third kappa shape index (κ3) is 3.42. The summed E-state index contributed by atoms with van der Waals surface area (Å²) in [6.07, 6.45) is 4.50. The normalized spacial score (nSPS) is 28.4. The number of carbonyl (C=O) groups is 2. The van der Waals surface area contributed by atoms with E-state index in [9.17, 15) is 9.59 Å². The van der Waals surface area contributed by atoms with Crippen molar-refractivity contribution in [3.63, 3.8) is 0 Å². The van der Waals surface area contributed by atoms with Crippen molar-refractivity contribution >= 4 is 24.4 Å². The summed E-state index contributed by atoms with van der Waals surface area (Å²) >= 11 is 4.17. The third-order valence-electron chi connectivity index (χ3n) is 3.87. The lowest BCUT2D eigenvalue weighted by Gasteiger charge is -2.44. The van der Waals surface area contributed by atoms with E-state index >= 15 is 0 Å². The number of ether oxygens (including phenoxy) is 1. The van der Waals surface area contributed by atoms with E-state index in [1.807, 2.05) is 4.90 Å². The first-order chi connectivity index (χ1) is 9.13. The fourth-order valence-corrected chi connectivity index (χ4v) is 3.25. The molecule has 108 valence electrons. The van der Waals surface area contributed by atoms with Crippen LogP contribution < -0.4 is 5.32 Å². The van der Waals surface area contributed by atoms with Crippen molar-refractivity contribution in [1.82, 2.24) is 10.2 Å². The monoisotopic (exact) mass is 286 g/mol. The summed E-state index contributed by atoms with van der Waals surface area (Å²) in [4.78, 5) is 25.6. The van der Waals surface area contributed by atoms with E-state index in [1.165, 1.54) is 13.3 Å². The summed E-state index contributed by atoms with van der Waals surface area (Å²) in [6, 6.07) is -0.354. The van der Waals surface area contributed by atoms with Crippen LogP contribution in [0.5, 0.6) is 0 Å². The molecule has 1 aliphatic carbocycles. The largest absolute Gasteiger partial charge is 0.374 e. The SMILES string of the molecule is CC(=O)NC(CS)C(=O)N1CCOC2CCCCC21. The van der Waals surface area contributed by atoms with Gasteiger partial charge in [-0.15, -0.1) is 0 Å². The highest BCUT2D eigenvalue weighted by Gasteiger charge is 2.38. The molecule has 1 saturated heterocycles. The minimum absolute atomic E-state index is 0.0228. The molecular weight excluding hydrogens is 264 g/mol. The van der Waals surface area contributed by atoms with Gasteiger partial charge in [-0.3, -0.25) is 9.59 Å². The van der Waals surface area contributed by atoms with Crippen molar-refractivity contribution in [2.45, 2.75) is 50.8 Å². The number of hydrogen-bond acceptors (Lipinski definition) is 4. The zero-order valence-electron chi connectivity index (χ0n) is 11.3. The summed E-state index contributed by atoms with van der Waals surface area (Å²) in [6.45, 7) is 2.63. The maximum atomic E-state index is 12.5. The van der Waals surface area contributed by atoms with E-state index in [0.717, 1.165) is 19.3 Å². The number of carbonyl (C=O) groups excluding carboxylic acids is 2. The molecule has 0 radical (unpaired) electrons. The first-order valence-corrected chi connectivity index (χ1v) is 7.56. The fourth-order valence-electron chi connectivity index (χ4n) is 3.00. The first-order valence-electron chi connectivity index (χ1n) is 6.93. The minimum Gasteiger partial charge on any atom is -0.374 e. The molecule has 2 amide bonds. The van der Waals surface area contributed by atoms with Gasteiger partial charge in [0.25, 0.3) is 0 Å². The predicted molar refractivity (Wildman–Crippen MR) is 75.2 cm³/mol. The summed E-state index contributed by atoms with van der Waals surface area (Å²) < 4.78 is 5.76. The molecular formula is C13H22N2O3S. The van der Waals surface area contributed by atoms with Crippen molar-refractivity contribution in [3.8, 4) is 0 Å². The quantitative estimate of drug-likeness (QED) is 0.747. The molecule has 3 unspecified atom stereocenters. The molecule has 5 nitrogen and oxygen atoms in total. The van der Waals surface area contributed by atoms with Crippen molar-refractivity contribution < 1.29 is 14.3 Å². The maximum absolute atomic E-state index is 12.5. The van der Waals surface area contributed by atoms with Crippen LogP contribution in [0.25, 0.3) is 0 Å². The van der Waals surface area contributed by atoms with Crippen molar-refractivity contribution in [2.75, 3.05) is 18.9 Å². The van der Waals surface area contributed by atoms with Gasteiger partial charge in [-0.25, -0.2) is 0 Å². The van der Waals surface area contributed by atoms with E-state index in [4.69, 9.17) is 4.74 Å². The number of rotatable bonds is 3. The van der Waals surface area contributed by atoms with Crippen LogP contribution in [0.3, 0.4) is 0 Å². The average molecular weight is 286 g/mol. The van der Waals surface area contributed by atoms with Crippen LogP contribution in [0.1, 0.15) is 32.6 Å². The number of amides is 2. The Bertz CT molecular complexity index is 349. The third-order valence-corrected chi connectivity index (χ3v) is 4.24. The number of fused-ring (bicyclic) bond motifs is 1. The van der Waals surface area contributed by atoms with E-state index in [0.29, 0.717) is 18.9 Å². The summed E-state index contributed by atoms with van der Waals surface area (Å²) in [5.41, 5.74) is 0. The van der Waals surface area contributed by atoms with E-state index in [2.05, 4.69) is 17.9 Å². The smallest absolute Gasteiger partial charge is 0.246 e. The average Bonchev–Trinajstić information content (AvgIpc) is 2.43. The number of nitrogens with zero attached hydrogens (tertiary/aromatic N) is 1. The first kappa shape index (κ1) is 14.7. The van der Waals surface area contributed by atoms with Gasteiger partial charge < -0.3 is 15.0 Å². The lowest BCUT2D eigenvalue weighted by molar-refractivity contribution is -0.152.